The summed E-state index contributed by atoms with van der Waals surface area (Å²) in [6.07, 6.45) is 1.20. The highest BCUT2D eigenvalue weighted by molar-refractivity contribution is 5.28. The molecule has 0 aliphatic heterocycles. The van der Waals surface area contributed by atoms with Crippen LogP contribution in [0.25, 0.3) is 0 Å². The van der Waals surface area contributed by atoms with Gasteiger partial charge in [0.15, 0.2) is 0 Å². The maximum atomic E-state index is 10.5. The Bertz CT molecular complexity index is 572. The minimum atomic E-state index is -0.482. The van der Waals surface area contributed by atoms with Crippen molar-refractivity contribution >= 4 is 5.69 Å². The Kier molecular flexibility index (Phi) is 5.22. The molecular weight excluding hydrogens is 270 g/mol. The molecule has 1 aromatic heterocycles. The second kappa shape index (κ2) is 7.35. The molecule has 21 heavy (non-hydrogen) atoms. The molecule has 0 aliphatic rings. The van der Waals surface area contributed by atoms with Crippen molar-refractivity contribution in [2.75, 3.05) is 20.2 Å². The van der Waals surface area contributed by atoms with Crippen molar-refractivity contribution in [2.24, 2.45) is 0 Å². The van der Waals surface area contributed by atoms with E-state index in [1.807, 2.05) is 25.2 Å². The van der Waals surface area contributed by atoms with Crippen LogP contribution in [-0.4, -0.2) is 35.0 Å². The van der Waals surface area contributed by atoms with E-state index >= 15 is 0 Å². The summed E-state index contributed by atoms with van der Waals surface area (Å²) in [5.41, 5.74) is 1.21. The molecule has 0 aliphatic carbocycles. The van der Waals surface area contributed by atoms with Crippen molar-refractivity contribution in [2.45, 2.75) is 6.54 Å². The first-order chi connectivity index (χ1) is 10.1. The van der Waals surface area contributed by atoms with Crippen LogP contribution in [0.15, 0.2) is 48.7 Å². The van der Waals surface area contributed by atoms with Gasteiger partial charge >= 0.3 is 0 Å². The van der Waals surface area contributed by atoms with Gasteiger partial charge in [0.2, 0.25) is 5.88 Å². The molecule has 6 nitrogen and oxygen atoms in total. The van der Waals surface area contributed by atoms with E-state index in [1.54, 1.807) is 0 Å². The highest BCUT2D eigenvalue weighted by Gasteiger charge is 2.06. The van der Waals surface area contributed by atoms with Gasteiger partial charge in [-0.05, 0) is 12.6 Å². The zero-order chi connectivity index (χ0) is 15.1. The van der Waals surface area contributed by atoms with Crippen LogP contribution in [0.3, 0.4) is 0 Å². The van der Waals surface area contributed by atoms with Crippen LogP contribution < -0.4 is 4.74 Å². The van der Waals surface area contributed by atoms with Gasteiger partial charge in [-0.3, -0.25) is 15.0 Å². The van der Waals surface area contributed by atoms with E-state index in [4.69, 9.17) is 4.74 Å². The van der Waals surface area contributed by atoms with Crippen molar-refractivity contribution < 1.29 is 9.66 Å². The van der Waals surface area contributed by atoms with Crippen molar-refractivity contribution in [1.82, 2.24) is 9.88 Å². The molecule has 0 spiro atoms. The van der Waals surface area contributed by atoms with Gasteiger partial charge < -0.3 is 4.74 Å². The molecule has 0 bridgehead atoms. The zero-order valence-electron chi connectivity index (χ0n) is 11.8. The number of nitro groups is 1. The van der Waals surface area contributed by atoms with E-state index in [1.165, 1.54) is 23.9 Å². The van der Waals surface area contributed by atoms with Gasteiger partial charge in [0.05, 0.1) is 4.92 Å². The quantitative estimate of drug-likeness (QED) is 0.578. The van der Waals surface area contributed by atoms with E-state index < -0.39 is 4.92 Å². The molecule has 0 fully saturated rings. The number of nitrogens with zero attached hydrogens (tertiary/aromatic N) is 3. The van der Waals surface area contributed by atoms with Crippen LogP contribution in [0, 0.1) is 10.1 Å². The van der Waals surface area contributed by atoms with E-state index in [-0.39, 0.29) is 5.69 Å². The van der Waals surface area contributed by atoms with E-state index in [0.29, 0.717) is 12.5 Å². The number of hydrogen-bond donors (Lipinski definition) is 0. The van der Waals surface area contributed by atoms with Gasteiger partial charge in [0.1, 0.15) is 12.8 Å². The molecule has 0 radical (unpaired) electrons. The van der Waals surface area contributed by atoms with Gasteiger partial charge in [-0.1, -0.05) is 30.3 Å². The first kappa shape index (κ1) is 14.9. The maximum absolute atomic E-state index is 10.5. The van der Waals surface area contributed by atoms with Gasteiger partial charge in [-0.25, -0.2) is 4.98 Å². The van der Waals surface area contributed by atoms with Crippen LogP contribution in [0.2, 0.25) is 0 Å². The first-order valence-corrected chi connectivity index (χ1v) is 6.61. The molecule has 1 aromatic carbocycles. The Morgan fingerprint density at radius 3 is 2.62 bits per heavy atom. The fourth-order valence-corrected chi connectivity index (χ4v) is 1.85. The molecule has 110 valence electrons. The third-order valence-electron chi connectivity index (χ3n) is 2.95. The van der Waals surface area contributed by atoms with Gasteiger partial charge in [0, 0.05) is 25.2 Å². The highest BCUT2D eigenvalue weighted by Crippen LogP contribution is 2.13. The Morgan fingerprint density at radius 2 is 2.00 bits per heavy atom. The summed E-state index contributed by atoms with van der Waals surface area (Å²) in [5, 5.41) is 10.5. The van der Waals surface area contributed by atoms with Crippen molar-refractivity contribution in [3.8, 4) is 5.88 Å². The van der Waals surface area contributed by atoms with Crippen LogP contribution in [-0.2, 0) is 6.54 Å². The number of pyridine rings is 1. The predicted molar refractivity (Wildman–Crippen MR) is 79.2 cm³/mol. The van der Waals surface area contributed by atoms with Gasteiger partial charge in [-0.2, -0.15) is 0 Å². The van der Waals surface area contributed by atoms with Crippen LogP contribution in [0.5, 0.6) is 5.88 Å². The molecule has 0 saturated heterocycles. The zero-order valence-corrected chi connectivity index (χ0v) is 11.8. The van der Waals surface area contributed by atoms with Crippen molar-refractivity contribution in [3.63, 3.8) is 0 Å². The third kappa shape index (κ3) is 4.85. The van der Waals surface area contributed by atoms with Crippen molar-refractivity contribution in [1.29, 1.82) is 0 Å². The van der Waals surface area contributed by atoms with E-state index in [0.717, 1.165) is 13.1 Å². The normalized spacial score (nSPS) is 10.6. The second-order valence-electron chi connectivity index (χ2n) is 4.68. The largest absolute Gasteiger partial charge is 0.476 e. The number of likely N-dealkylation sites (N-methyl/N-ethyl adjacent to an activating group) is 1. The Balaban J connectivity index is 1.74. The number of hydrogen-bond acceptors (Lipinski definition) is 5. The minimum absolute atomic E-state index is 0.0384. The monoisotopic (exact) mass is 287 g/mol. The first-order valence-electron chi connectivity index (χ1n) is 6.61. The van der Waals surface area contributed by atoms with E-state index in [9.17, 15) is 10.1 Å². The smallest absolute Gasteiger partial charge is 0.287 e. The fraction of sp³-hybridized carbons (Fsp3) is 0.267. The SMILES string of the molecule is CN(CCOc1ccc([N+](=O)[O-])cn1)Cc1ccccc1. The Morgan fingerprint density at radius 1 is 1.24 bits per heavy atom. The molecule has 2 rings (SSSR count). The standard InChI is InChI=1S/C15H17N3O3/c1-17(12-13-5-3-2-4-6-13)9-10-21-15-8-7-14(11-16-15)18(19)20/h2-8,11H,9-10,12H2,1H3. The lowest BCUT2D eigenvalue weighted by Gasteiger charge is -2.16. The summed E-state index contributed by atoms with van der Waals surface area (Å²) in [7, 11) is 2.01. The average Bonchev–Trinajstić information content (AvgIpc) is 2.49. The molecule has 6 heteroatoms. The molecule has 0 atom stereocenters. The number of ether oxygens (including phenoxy) is 1. The van der Waals surface area contributed by atoms with Gasteiger partial charge in [0.25, 0.3) is 5.69 Å². The summed E-state index contributed by atoms with van der Waals surface area (Å²) in [4.78, 5) is 16.1. The molecule has 0 amide bonds. The van der Waals surface area contributed by atoms with Crippen LogP contribution >= 0.6 is 0 Å². The maximum Gasteiger partial charge on any atom is 0.287 e. The van der Waals surface area contributed by atoms with E-state index in [2.05, 4.69) is 22.0 Å². The summed E-state index contributed by atoms with van der Waals surface area (Å²) < 4.78 is 5.47. The topological polar surface area (TPSA) is 68.5 Å². The lowest BCUT2D eigenvalue weighted by atomic mass is 10.2. The highest BCUT2D eigenvalue weighted by atomic mass is 16.6. The van der Waals surface area contributed by atoms with Crippen molar-refractivity contribution in [3.05, 3.63) is 64.3 Å². The lowest BCUT2D eigenvalue weighted by molar-refractivity contribution is -0.385. The predicted octanol–water partition coefficient (Wildman–Crippen LogP) is 2.50. The minimum Gasteiger partial charge on any atom is -0.476 e. The fourth-order valence-electron chi connectivity index (χ4n) is 1.85. The summed E-state index contributed by atoms with van der Waals surface area (Å²) in [6.45, 7) is 2.07. The van der Waals surface area contributed by atoms with Crippen LogP contribution in [0.1, 0.15) is 5.56 Å². The molecule has 0 N–H and O–H groups in total. The average molecular weight is 287 g/mol. The summed E-state index contributed by atoms with van der Waals surface area (Å²) >= 11 is 0. The molecule has 0 unspecified atom stereocenters. The molecule has 2 aromatic rings. The number of rotatable bonds is 7. The molecule has 0 saturated carbocycles. The summed E-state index contributed by atoms with van der Waals surface area (Å²) in [6, 6.07) is 13.1. The number of benzene rings is 1. The number of aromatic nitrogens is 1. The Labute approximate surface area is 123 Å². The Hall–Kier alpha value is -2.47. The lowest BCUT2D eigenvalue weighted by Crippen LogP contribution is -2.24. The van der Waals surface area contributed by atoms with Gasteiger partial charge in [-0.15, -0.1) is 0 Å². The molecular formula is C15H17N3O3. The third-order valence-corrected chi connectivity index (χ3v) is 2.95. The second-order valence-corrected chi connectivity index (χ2v) is 4.68. The van der Waals surface area contributed by atoms with Crippen LogP contribution in [0.4, 0.5) is 5.69 Å². The summed E-state index contributed by atoms with van der Waals surface area (Å²) in [5.74, 6) is 0.397. The molecule has 1 heterocycles.